The number of aromatic nitrogens is 5. The number of alkyl halides is 3. The third kappa shape index (κ3) is 3.57. The van der Waals surface area contributed by atoms with Crippen LogP contribution in [0.5, 0.6) is 0 Å². The van der Waals surface area contributed by atoms with E-state index in [1.54, 1.807) is 0 Å². The van der Waals surface area contributed by atoms with Gasteiger partial charge in [0.05, 0.1) is 10.5 Å². The predicted octanol–water partition coefficient (Wildman–Crippen LogP) is 1.88. The number of halogens is 3. The first-order valence-electron chi connectivity index (χ1n) is 6.63. The maximum Gasteiger partial charge on any atom is 0.417 e. The van der Waals surface area contributed by atoms with Crippen LogP contribution in [0.2, 0.25) is 0 Å². The molecule has 0 atom stereocenters. The van der Waals surface area contributed by atoms with Crippen LogP contribution in [0.15, 0.2) is 54.2 Å². The van der Waals surface area contributed by atoms with E-state index < -0.39 is 26.7 Å². The van der Waals surface area contributed by atoms with Gasteiger partial charge in [-0.3, -0.25) is 4.72 Å². The van der Waals surface area contributed by atoms with E-state index in [4.69, 9.17) is 0 Å². The molecule has 3 rings (SSSR count). The third-order valence-electron chi connectivity index (χ3n) is 3.03. The van der Waals surface area contributed by atoms with Crippen molar-refractivity contribution in [2.24, 2.45) is 0 Å². The van der Waals surface area contributed by atoms with Gasteiger partial charge in [-0.25, -0.2) is 28.1 Å². The van der Waals surface area contributed by atoms with Crippen molar-refractivity contribution in [1.29, 1.82) is 0 Å². The maximum atomic E-state index is 13.0. The van der Waals surface area contributed by atoms with Crippen molar-refractivity contribution in [3.05, 3.63) is 54.9 Å². The fourth-order valence-corrected chi connectivity index (χ4v) is 3.21. The second-order valence-corrected chi connectivity index (χ2v) is 6.35. The van der Waals surface area contributed by atoms with Gasteiger partial charge in [0, 0.05) is 6.07 Å². The van der Waals surface area contributed by atoms with Gasteiger partial charge in [-0.05, 0) is 12.1 Å². The highest BCUT2D eigenvalue weighted by Crippen LogP contribution is 2.34. The fraction of sp³-hybridized carbons (Fsp3) is 0.0769. The zero-order valence-corrected chi connectivity index (χ0v) is 13.0. The van der Waals surface area contributed by atoms with E-state index in [0.717, 1.165) is 18.5 Å². The molecule has 1 N–H and O–H groups in total. The molecule has 0 bridgehead atoms. The number of rotatable bonds is 4. The molecule has 8 nitrogen and oxygen atoms in total. The predicted molar refractivity (Wildman–Crippen MR) is 79.2 cm³/mol. The molecule has 0 aliphatic heterocycles. The van der Waals surface area contributed by atoms with E-state index in [1.807, 2.05) is 4.72 Å². The van der Waals surface area contributed by atoms with Gasteiger partial charge >= 0.3 is 6.18 Å². The minimum Gasteiger partial charge on any atom is -0.263 e. The molecule has 0 aliphatic rings. The minimum atomic E-state index is -4.82. The third-order valence-corrected chi connectivity index (χ3v) is 4.44. The van der Waals surface area contributed by atoms with Crippen molar-refractivity contribution < 1.29 is 21.6 Å². The van der Waals surface area contributed by atoms with Crippen LogP contribution < -0.4 is 4.72 Å². The largest absolute Gasteiger partial charge is 0.417 e. The van der Waals surface area contributed by atoms with E-state index in [-0.39, 0.29) is 11.6 Å². The molecule has 0 aliphatic carbocycles. The van der Waals surface area contributed by atoms with Crippen LogP contribution in [-0.2, 0) is 16.2 Å². The molecular formula is C13H9F3N6O2S. The lowest BCUT2D eigenvalue weighted by atomic mass is 10.2. The summed E-state index contributed by atoms with van der Waals surface area (Å²) >= 11 is 0. The van der Waals surface area contributed by atoms with Gasteiger partial charge in [0.25, 0.3) is 10.0 Å². The van der Waals surface area contributed by atoms with E-state index in [0.29, 0.717) is 6.07 Å². The summed E-state index contributed by atoms with van der Waals surface area (Å²) in [6, 6.07) is 5.07. The molecule has 12 heteroatoms. The van der Waals surface area contributed by atoms with Gasteiger partial charge in [0.2, 0.25) is 0 Å². The lowest BCUT2D eigenvalue weighted by Gasteiger charge is -2.14. The summed E-state index contributed by atoms with van der Waals surface area (Å²) in [5.41, 5.74) is -1.27. The van der Waals surface area contributed by atoms with Crippen molar-refractivity contribution in [2.45, 2.75) is 11.1 Å². The molecule has 25 heavy (non-hydrogen) atoms. The standard InChI is InChI=1S/C13H9F3N6O2S/c14-13(15,16)9-3-1-2-4-10(9)25(23,24)21-11-5-12(19-7-18-11)22-8-17-6-20-22/h1-8H,(H,18,19,21). The summed E-state index contributed by atoms with van der Waals surface area (Å²) in [5, 5.41) is 3.82. The Morgan fingerprint density at radius 2 is 1.84 bits per heavy atom. The Balaban J connectivity index is 1.97. The van der Waals surface area contributed by atoms with Crippen LogP contribution in [0, 0.1) is 0 Å². The zero-order valence-electron chi connectivity index (χ0n) is 12.2. The zero-order chi connectivity index (χ0) is 18.1. The van der Waals surface area contributed by atoms with Crippen LogP contribution >= 0.6 is 0 Å². The molecule has 2 aromatic heterocycles. The molecule has 0 spiro atoms. The Kier molecular flexibility index (Phi) is 4.12. The fourth-order valence-electron chi connectivity index (χ4n) is 1.98. The molecule has 3 aromatic rings. The summed E-state index contributed by atoms with van der Waals surface area (Å²) in [7, 11) is -4.52. The van der Waals surface area contributed by atoms with E-state index >= 15 is 0 Å². The Morgan fingerprint density at radius 3 is 2.52 bits per heavy atom. The topological polar surface area (TPSA) is 103 Å². The number of hydrogen-bond donors (Lipinski definition) is 1. The second-order valence-electron chi connectivity index (χ2n) is 4.70. The van der Waals surface area contributed by atoms with Crippen molar-refractivity contribution in [3.8, 4) is 5.82 Å². The number of anilines is 1. The molecule has 0 unspecified atom stereocenters. The van der Waals surface area contributed by atoms with Crippen molar-refractivity contribution in [2.75, 3.05) is 4.72 Å². The first-order valence-corrected chi connectivity index (χ1v) is 8.12. The van der Waals surface area contributed by atoms with Crippen LogP contribution in [0.1, 0.15) is 5.56 Å². The number of benzene rings is 1. The Labute approximate surface area is 139 Å². The summed E-state index contributed by atoms with van der Waals surface area (Å²) in [6.07, 6.45) is -1.21. The van der Waals surface area contributed by atoms with Crippen LogP contribution in [0.3, 0.4) is 0 Å². The smallest absolute Gasteiger partial charge is 0.263 e. The van der Waals surface area contributed by atoms with Crippen molar-refractivity contribution in [1.82, 2.24) is 24.7 Å². The van der Waals surface area contributed by atoms with Crippen LogP contribution in [-0.4, -0.2) is 33.2 Å². The number of hydrogen-bond acceptors (Lipinski definition) is 6. The summed E-state index contributed by atoms with van der Waals surface area (Å²) < 4.78 is 67.1. The Bertz CT molecular complexity index is 989. The highest BCUT2D eigenvalue weighted by molar-refractivity contribution is 7.92. The first-order chi connectivity index (χ1) is 11.8. The maximum absolute atomic E-state index is 13.0. The number of nitrogens with one attached hydrogen (secondary N) is 1. The summed E-state index contributed by atoms with van der Waals surface area (Å²) in [5.74, 6) is -0.0215. The van der Waals surface area contributed by atoms with Gasteiger partial charge in [0.15, 0.2) is 5.82 Å². The van der Waals surface area contributed by atoms with Crippen molar-refractivity contribution in [3.63, 3.8) is 0 Å². The quantitative estimate of drug-likeness (QED) is 0.752. The molecule has 0 saturated heterocycles. The average molecular weight is 370 g/mol. The van der Waals surface area contributed by atoms with Gasteiger partial charge in [-0.15, -0.1) is 0 Å². The van der Waals surface area contributed by atoms with Crippen molar-refractivity contribution >= 4 is 15.8 Å². The highest BCUT2D eigenvalue weighted by Gasteiger charge is 2.37. The van der Waals surface area contributed by atoms with Crippen LogP contribution in [0.25, 0.3) is 5.82 Å². The molecule has 0 fully saturated rings. The molecule has 0 radical (unpaired) electrons. The second kappa shape index (κ2) is 6.12. The summed E-state index contributed by atoms with van der Waals surface area (Å²) in [6.45, 7) is 0. The molecular weight excluding hydrogens is 361 g/mol. The van der Waals surface area contributed by atoms with Gasteiger partial charge in [-0.2, -0.15) is 18.3 Å². The molecule has 0 saturated carbocycles. The van der Waals surface area contributed by atoms with Gasteiger partial charge < -0.3 is 0 Å². The molecule has 0 amide bonds. The average Bonchev–Trinajstić information content (AvgIpc) is 3.08. The minimum absolute atomic E-state index is 0.189. The van der Waals surface area contributed by atoms with Crippen LogP contribution in [0.4, 0.5) is 19.0 Å². The first kappa shape index (κ1) is 16.8. The normalized spacial score (nSPS) is 12.1. The lowest BCUT2D eigenvalue weighted by molar-refractivity contribution is -0.139. The van der Waals surface area contributed by atoms with E-state index in [9.17, 15) is 21.6 Å². The van der Waals surface area contributed by atoms with E-state index in [2.05, 4.69) is 20.1 Å². The number of nitrogens with zero attached hydrogens (tertiary/aromatic N) is 5. The van der Waals surface area contributed by atoms with Gasteiger partial charge in [-0.1, -0.05) is 12.1 Å². The van der Waals surface area contributed by atoms with E-state index in [1.165, 1.54) is 29.5 Å². The summed E-state index contributed by atoms with van der Waals surface area (Å²) in [4.78, 5) is 10.4. The Hall–Kier alpha value is -3.02. The molecule has 2 heterocycles. The number of sulfonamides is 1. The lowest BCUT2D eigenvalue weighted by Crippen LogP contribution is -2.19. The highest BCUT2D eigenvalue weighted by atomic mass is 32.2. The SMILES string of the molecule is O=S(=O)(Nc1cc(-n2cncn2)ncn1)c1ccccc1C(F)(F)F. The monoisotopic (exact) mass is 370 g/mol. The van der Waals surface area contributed by atoms with Gasteiger partial charge in [0.1, 0.15) is 24.8 Å². The molecule has 1 aromatic carbocycles. The molecule has 130 valence electrons. The Morgan fingerprint density at radius 1 is 1.08 bits per heavy atom.